The highest BCUT2D eigenvalue weighted by Crippen LogP contribution is 2.17. The van der Waals surface area contributed by atoms with Crippen LogP contribution >= 0.6 is 23.2 Å². The van der Waals surface area contributed by atoms with Crippen LogP contribution in [0, 0.1) is 0 Å². The zero-order valence-electron chi connectivity index (χ0n) is 8.67. The molecule has 1 nitrogen and oxygen atoms in total. The van der Waals surface area contributed by atoms with E-state index in [0.29, 0.717) is 5.56 Å². The molecular weight excluding hydrogens is 231 g/mol. The van der Waals surface area contributed by atoms with E-state index in [1.807, 2.05) is 18.2 Å². The fourth-order valence-electron chi connectivity index (χ4n) is 1.46. The van der Waals surface area contributed by atoms with E-state index in [4.69, 9.17) is 23.2 Å². The highest BCUT2D eigenvalue weighted by Gasteiger charge is 2.16. The zero-order valence-corrected chi connectivity index (χ0v) is 10.2. The Kier molecular flexibility index (Phi) is 5.13. The molecule has 0 saturated carbocycles. The summed E-state index contributed by atoms with van der Waals surface area (Å²) >= 11 is 11.2. The molecule has 0 atom stereocenters. The third-order valence-corrected chi connectivity index (χ3v) is 2.68. The van der Waals surface area contributed by atoms with Crippen LogP contribution < -0.4 is 0 Å². The highest BCUT2D eigenvalue weighted by atomic mass is 35.5. The van der Waals surface area contributed by atoms with Gasteiger partial charge < -0.3 is 0 Å². The van der Waals surface area contributed by atoms with E-state index in [0.717, 1.165) is 24.8 Å². The number of Topliss-reactive ketones (excluding diaryl/α,β-unsaturated/α-hetero) is 1. The van der Waals surface area contributed by atoms with Crippen molar-refractivity contribution in [2.24, 2.45) is 0 Å². The van der Waals surface area contributed by atoms with Gasteiger partial charge in [0.2, 0.25) is 0 Å². The predicted octanol–water partition coefficient (Wildman–Crippen LogP) is 4.02. The molecule has 0 unspecified atom stereocenters. The van der Waals surface area contributed by atoms with E-state index in [-0.39, 0.29) is 5.78 Å². The van der Waals surface area contributed by atoms with Crippen LogP contribution in [0.1, 0.15) is 35.7 Å². The summed E-state index contributed by atoms with van der Waals surface area (Å²) in [6, 6.07) is 7.50. The second-order valence-electron chi connectivity index (χ2n) is 3.43. The van der Waals surface area contributed by atoms with Crippen LogP contribution in [-0.2, 0) is 6.42 Å². The van der Waals surface area contributed by atoms with Crippen molar-refractivity contribution < 1.29 is 4.79 Å². The van der Waals surface area contributed by atoms with Gasteiger partial charge in [0.15, 0.2) is 10.6 Å². The van der Waals surface area contributed by atoms with Gasteiger partial charge in [0.1, 0.15) is 0 Å². The van der Waals surface area contributed by atoms with Crippen LogP contribution in [0.4, 0.5) is 0 Å². The Hall–Kier alpha value is -0.530. The summed E-state index contributed by atoms with van der Waals surface area (Å²) in [5.41, 5.74) is 1.69. The van der Waals surface area contributed by atoms with E-state index >= 15 is 0 Å². The van der Waals surface area contributed by atoms with Gasteiger partial charge in [-0.15, -0.1) is 0 Å². The first-order chi connectivity index (χ1) is 7.16. The largest absolute Gasteiger partial charge is 0.291 e. The van der Waals surface area contributed by atoms with E-state index in [2.05, 4.69) is 6.92 Å². The summed E-state index contributed by atoms with van der Waals surface area (Å²) in [5.74, 6) is -0.204. The van der Waals surface area contributed by atoms with E-state index in [9.17, 15) is 4.79 Å². The standard InChI is InChI=1S/C12H14Cl2O/c1-2-3-6-9-7-4-5-8-10(9)11(15)12(13)14/h4-5,7-8,12H,2-3,6H2,1H3. The average Bonchev–Trinajstić information content (AvgIpc) is 2.25. The second kappa shape index (κ2) is 6.14. The molecule has 0 heterocycles. The number of unbranched alkanes of at least 4 members (excludes halogenated alkanes) is 1. The fraction of sp³-hybridized carbons (Fsp3) is 0.417. The highest BCUT2D eigenvalue weighted by molar-refractivity contribution is 6.55. The third kappa shape index (κ3) is 3.51. The van der Waals surface area contributed by atoms with E-state index in [1.54, 1.807) is 6.07 Å². The number of hydrogen-bond acceptors (Lipinski definition) is 1. The Balaban J connectivity index is 2.90. The molecular formula is C12H14Cl2O. The van der Waals surface area contributed by atoms with Crippen LogP contribution in [-0.4, -0.2) is 10.6 Å². The summed E-state index contributed by atoms with van der Waals surface area (Å²) in [5, 5.41) is 0. The molecule has 1 rings (SSSR count). The zero-order chi connectivity index (χ0) is 11.3. The Labute approximate surface area is 100 Å². The first-order valence-electron chi connectivity index (χ1n) is 5.07. The van der Waals surface area contributed by atoms with Crippen molar-refractivity contribution in [3.05, 3.63) is 35.4 Å². The molecule has 0 bridgehead atoms. The van der Waals surface area contributed by atoms with E-state index in [1.165, 1.54) is 0 Å². The monoisotopic (exact) mass is 244 g/mol. The average molecular weight is 245 g/mol. The quantitative estimate of drug-likeness (QED) is 0.565. The lowest BCUT2D eigenvalue weighted by atomic mass is 10.00. The molecule has 0 amide bonds. The Morgan fingerprint density at radius 3 is 2.60 bits per heavy atom. The van der Waals surface area contributed by atoms with Crippen LogP contribution in [0.15, 0.2) is 24.3 Å². The van der Waals surface area contributed by atoms with Crippen molar-refractivity contribution in [2.75, 3.05) is 0 Å². The maximum atomic E-state index is 11.7. The minimum Gasteiger partial charge on any atom is -0.291 e. The Morgan fingerprint density at radius 1 is 1.33 bits per heavy atom. The second-order valence-corrected chi connectivity index (χ2v) is 4.52. The van der Waals surface area contributed by atoms with Crippen molar-refractivity contribution in [2.45, 2.75) is 31.0 Å². The fourth-order valence-corrected chi connectivity index (χ4v) is 1.70. The van der Waals surface area contributed by atoms with Crippen LogP contribution in [0.25, 0.3) is 0 Å². The van der Waals surface area contributed by atoms with Gasteiger partial charge in [0, 0.05) is 5.56 Å². The van der Waals surface area contributed by atoms with Gasteiger partial charge >= 0.3 is 0 Å². The van der Waals surface area contributed by atoms with Crippen molar-refractivity contribution in [1.82, 2.24) is 0 Å². The molecule has 0 aliphatic heterocycles. The van der Waals surface area contributed by atoms with Gasteiger partial charge in [0.05, 0.1) is 0 Å². The Morgan fingerprint density at radius 2 is 2.00 bits per heavy atom. The van der Waals surface area contributed by atoms with Gasteiger partial charge in [-0.3, -0.25) is 4.79 Å². The summed E-state index contributed by atoms with van der Waals surface area (Å²) in [7, 11) is 0. The van der Waals surface area contributed by atoms with Gasteiger partial charge in [-0.1, -0.05) is 60.8 Å². The maximum absolute atomic E-state index is 11.7. The molecule has 0 spiro atoms. The minimum atomic E-state index is -0.965. The number of carbonyl (C=O) groups excluding carboxylic acids is 1. The molecule has 0 aromatic heterocycles. The first-order valence-corrected chi connectivity index (χ1v) is 5.94. The lowest BCUT2D eigenvalue weighted by Gasteiger charge is -2.08. The van der Waals surface area contributed by atoms with Gasteiger partial charge in [-0.2, -0.15) is 0 Å². The number of halogens is 2. The van der Waals surface area contributed by atoms with Crippen molar-refractivity contribution >= 4 is 29.0 Å². The van der Waals surface area contributed by atoms with Crippen LogP contribution in [0.2, 0.25) is 0 Å². The molecule has 0 aliphatic carbocycles. The Bertz CT molecular complexity index is 334. The number of ketones is 1. The number of alkyl halides is 2. The molecule has 0 radical (unpaired) electrons. The molecule has 0 aliphatic rings. The summed E-state index contributed by atoms with van der Waals surface area (Å²) in [4.78, 5) is 10.7. The molecule has 82 valence electrons. The first kappa shape index (κ1) is 12.5. The van der Waals surface area contributed by atoms with E-state index < -0.39 is 4.84 Å². The smallest absolute Gasteiger partial charge is 0.195 e. The number of benzene rings is 1. The number of hydrogen-bond donors (Lipinski definition) is 0. The predicted molar refractivity (Wildman–Crippen MR) is 64.9 cm³/mol. The summed E-state index contributed by atoms with van der Waals surface area (Å²) in [6.45, 7) is 2.12. The third-order valence-electron chi connectivity index (χ3n) is 2.28. The topological polar surface area (TPSA) is 17.1 Å². The number of rotatable bonds is 5. The maximum Gasteiger partial charge on any atom is 0.195 e. The SMILES string of the molecule is CCCCc1ccccc1C(=O)C(Cl)Cl. The number of carbonyl (C=O) groups is 1. The minimum absolute atomic E-state index is 0.204. The van der Waals surface area contributed by atoms with Crippen molar-refractivity contribution in [1.29, 1.82) is 0 Å². The van der Waals surface area contributed by atoms with Crippen LogP contribution in [0.3, 0.4) is 0 Å². The summed E-state index contributed by atoms with van der Waals surface area (Å²) in [6.07, 6.45) is 3.08. The summed E-state index contributed by atoms with van der Waals surface area (Å²) < 4.78 is 0. The molecule has 0 N–H and O–H groups in total. The van der Waals surface area contributed by atoms with Gasteiger partial charge in [-0.05, 0) is 18.4 Å². The molecule has 1 aromatic carbocycles. The number of aryl methyl sites for hydroxylation is 1. The molecule has 3 heteroatoms. The van der Waals surface area contributed by atoms with Gasteiger partial charge in [-0.25, -0.2) is 0 Å². The normalized spacial score (nSPS) is 10.7. The lowest BCUT2D eigenvalue weighted by molar-refractivity contribution is 0.101. The van der Waals surface area contributed by atoms with Crippen molar-refractivity contribution in [3.8, 4) is 0 Å². The molecule has 0 fully saturated rings. The van der Waals surface area contributed by atoms with Crippen molar-refractivity contribution in [3.63, 3.8) is 0 Å². The molecule has 0 saturated heterocycles. The molecule has 1 aromatic rings. The van der Waals surface area contributed by atoms with Gasteiger partial charge in [0.25, 0.3) is 0 Å². The van der Waals surface area contributed by atoms with Crippen LogP contribution in [0.5, 0.6) is 0 Å². The molecule has 15 heavy (non-hydrogen) atoms. The lowest BCUT2D eigenvalue weighted by Crippen LogP contribution is -2.11.